The molecular formula is C13H18N4O3. The molecule has 2 rings (SSSR count). The van der Waals surface area contributed by atoms with E-state index in [0.29, 0.717) is 24.6 Å². The molecule has 7 nitrogen and oxygen atoms in total. The molecule has 0 bridgehead atoms. The molecule has 1 unspecified atom stereocenters. The van der Waals surface area contributed by atoms with Crippen molar-refractivity contribution in [1.29, 1.82) is 0 Å². The van der Waals surface area contributed by atoms with Crippen LogP contribution in [-0.4, -0.2) is 42.6 Å². The van der Waals surface area contributed by atoms with E-state index >= 15 is 0 Å². The summed E-state index contributed by atoms with van der Waals surface area (Å²) in [5.41, 5.74) is 6.35. The molecule has 0 aliphatic carbocycles. The maximum atomic E-state index is 12.0. The van der Waals surface area contributed by atoms with Crippen molar-refractivity contribution < 1.29 is 14.3 Å². The summed E-state index contributed by atoms with van der Waals surface area (Å²) >= 11 is 0. The zero-order chi connectivity index (χ0) is 14.7. The van der Waals surface area contributed by atoms with Crippen molar-refractivity contribution in [1.82, 2.24) is 10.3 Å². The number of amides is 1. The second kappa shape index (κ2) is 5.77. The largest absolute Gasteiger partial charge is 0.462 e. The molecule has 1 atom stereocenters. The van der Waals surface area contributed by atoms with E-state index in [1.54, 1.807) is 18.7 Å². The van der Waals surface area contributed by atoms with Crippen LogP contribution in [0.3, 0.4) is 0 Å². The van der Waals surface area contributed by atoms with Crippen LogP contribution in [-0.2, 0) is 9.53 Å². The first-order valence-corrected chi connectivity index (χ1v) is 6.51. The van der Waals surface area contributed by atoms with Crippen LogP contribution in [0.2, 0.25) is 0 Å². The Bertz CT molecular complexity index is 532. The van der Waals surface area contributed by atoms with Crippen molar-refractivity contribution in [3.05, 3.63) is 17.8 Å². The number of nitrogens with one attached hydrogen (secondary N) is 1. The number of ether oxygens (including phenoxy) is 1. The summed E-state index contributed by atoms with van der Waals surface area (Å²) in [6.07, 6.45) is 1.47. The van der Waals surface area contributed by atoms with Crippen molar-refractivity contribution in [2.24, 2.45) is 0 Å². The van der Waals surface area contributed by atoms with Crippen LogP contribution < -0.4 is 16.0 Å². The number of hydrogen-bond acceptors (Lipinski definition) is 6. The minimum Gasteiger partial charge on any atom is -0.462 e. The molecule has 0 saturated carbocycles. The van der Waals surface area contributed by atoms with Gasteiger partial charge in [-0.05, 0) is 19.9 Å². The number of esters is 1. The lowest BCUT2D eigenvalue weighted by atomic mass is 10.1. The van der Waals surface area contributed by atoms with E-state index < -0.39 is 12.0 Å². The Balaban J connectivity index is 2.40. The van der Waals surface area contributed by atoms with Crippen molar-refractivity contribution in [2.75, 3.05) is 30.3 Å². The van der Waals surface area contributed by atoms with Crippen LogP contribution >= 0.6 is 0 Å². The molecule has 1 aliphatic rings. The third-order valence-electron chi connectivity index (χ3n) is 3.15. The number of rotatable bonds is 3. The number of piperazine rings is 1. The predicted molar refractivity (Wildman–Crippen MR) is 74.4 cm³/mol. The normalized spacial score (nSPS) is 18.6. The van der Waals surface area contributed by atoms with E-state index in [0.717, 1.165) is 0 Å². The Labute approximate surface area is 117 Å². The summed E-state index contributed by atoms with van der Waals surface area (Å²) in [5.74, 6) is -0.148. The lowest BCUT2D eigenvalue weighted by Crippen LogP contribution is -2.54. The van der Waals surface area contributed by atoms with E-state index in [1.165, 1.54) is 12.3 Å². The second-order valence-corrected chi connectivity index (χ2v) is 4.52. The van der Waals surface area contributed by atoms with E-state index in [9.17, 15) is 9.59 Å². The molecule has 0 spiro atoms. The Kier molecular flexibility index (Phi) is 4.07. The van der Waals surface area contributed by atoms with Crippen molar-refractivity contribution in [3.63, 3.8) is 0 Å². The summed E-state index contributed by atoms with van der Waals surface area (Å²) < 4.78 is 5.01. The van der Waals surface area contributed by atoms with Crippen LogP contribution in [0.4, 0.5) is 11.5 Å². The smallest absolute Gasteiger partial charge is 0.341 e. The van der Waals surface area contributed by atoms with Crippen LogP contribution in [0.15, 0.2) is 12.3 Å². The molecule has 1 saturated heterocycles. The molecule has 1 aromatic rings. The Morgan fingerprint density at radius 2 is 2.40 bits per heavy atom. The van der Waals surface area contributed by atoms with Gasteiger partial charge in [-0.2, -0.15) is 0 Å². The summed E-state index contributed by atoms with van der Waals surface area (Å²) in [5, 5.41) is 2.77. The summed E-state index contributed by atoms with van der Waals surface area (Å²) in [6, 6.07) is 1.13. The predicted octanol–water partition coefficient (Wildman–Crippen LogP) is 0.165. The summed E-state index contributed by atoms with van der Waals surface area (Å²) in [7, 11) is 0. The van der Waals surface area contributed by atoms with Crippen molar-refractivity contribution >= 4 is 23.4 Å². The highest BCUT2D eigenvalue weighted by Gasteiger charge is 2.29. The zero-order valence-corrected chi connectivity index (χ0v) is 11.5. The zero-order valence-electron chi connectivity index (χ0n) is 11.5. The number of hydrogen-bond donors (Lipinski definition) is 2. The topological polar surface area (TPSA) is 97.6 Å². The molecule has 7 heteroatoms. The Morgan fingerprint density at radius 3 is 3.10 bits per heavy atom. The van der Waals surface area contributed by atoms with Gasteiger partial charge in [-0.25, -0.2) is 9.78 Å². The first-order chi connectivity index (χ1) is 9.54. The summed E-state index contributed by atoms with van der Waals surface area (Å²) in [4.78, 5) is 29.7. The quantitative estimate of drug-likeness (QED) is 0.765. The van der Waals surface area contributed by atoms with Gasteiger partial charge < -0.3 is 20.7 Å². The molecule has 20 heavy (non-hydrogen) atoms. The van der Waals surface area contributed by atoms with Gasteiger partial charge in [0.25, 0.3) is 0 Å². The number of anilines is 2. The highest BCUT2D eigenvalue weighted by molar-refractivity contribution is 5.97. The number of nitrogens with two attached hydrogens (primary N) is 1. The number of nitrogen functional groups attached to an aromatic ring is 1. The molecule has 2 heterocycles. The molecule has 1 aliphatic heterocycles. The first-order valence-electron chi connectivity index (χ1n) is 6.51. The van der Waals surface area contributed by atoms with Crippen molar-refractivity contribution in [2.45, 2.75) is 19.9 Å². The van der Waals surface area contributed by atoms with Gasteiger partial charge in [-0.3, -0.25) is 4.79 Å². The monoisotopic (exact) mass is 278 g/mol. The lowest BCUT2D eigenvalue weighted by Gasteiger charge is -2.34. The van der Waals surface area contributed by atoms with E-state index in [4.69, 9.17) is 10.5 Å². The number of pyridine rings is 1. The first kappa shape index (κ1) is 14.1. The van der Waals surface area contributed by atoms with E-state index in [2.05, 4.69) is 10.3 Å². The fraction of sp³-hybridized carbons (Fsp3) is 0.462. The molecule has 1 amide bonds. The number of carbonyl (C=O) groups excluding carboxylic acids is 2. The average molecular weight is 278 g/mol. The van der Waals surface area contributed by atoms with E-state index in [1.807, 2.05) is 0 Å². The number of carbonyl (C=O) groups is 2. The fourth-order valence-electron chi connectivity index (χ4n) is 2.13. The van der Waals surface area contributed by atoms with Gasteiger partial charge in [0.2, 0.25) is 5.91 Å². The SMILES string of the molecule is CCOC(=O)c1cc(N)cnc1N1CCNC(=O)C1C. The van der Waals surface area contributed by atoms with Gasteiger partial charge in [0, 0.05) is 13.1 Å². The molecule has 0 radical (unpaired) electrons. The Morgan fingerprint density at radius 1 is 1.65 bits per heavy atom. The molecule has 108 valence electrons. The third-order valence-corrected chi connectivity index (χ3v) is 3.15. The Hall–Kier alpha value is -2.31. The summed E-state index contributed by atoms with van der Waals surface area (Å²) in [6.45, 7) is 4.85. The molecule has 0 aromatic carbocycles. The van der Waals surface area contributed by atoms with Gasteiger partial charge in [0.05, 0.1) is 18.5 Å². The highest BCUT2D eigenvalue weighted by Crippen LogP contribution is 2.23. The third kappa shape index (κ3) is 2.66. The maximum absolute atomic E-state index is 12.0. The fourth-order valence-corrected chi connectivity index (χ4v) is 2.13. The van der Waals surface area contributed by atoms with E-state index in [-0.39, 0.29) is 18.1 Å². The van der Waals surface area contributed by atoms with Gasteiger partial charge in [-0.1, -0.05) is 0 Å². The molecule has 1 fully saturated rings. The second-order valence-electron chi connectivity index (χ2n) is 4.52. The van der Waals surface area contributed by atoms with Crippen molar-refractivity contribution in [3.8, 4) is 0 Å². The van der Waals surface area contributed by atoms with Gasteiger partial charge in [0.1, 0.15) is 17.4 Å². The minimum atomic E-state index is -0.486. The van der Waals surface area contributed by atoms with Crippen LogP contribution in [0, 0.1) is 0 Å². The lowest BCUT2D eigenvalue weighted by molar-refractivity contribution is -0.122. The van der Waals surface area contributed by atoms with Crippen LogP contribution in [0.25, 0.3) is 0 Å². The van der Waals surface area contributed by atoms with Gasteiger partial charge in [0.15, 0.2) is 0 Å². The minimum absolute atomic E-state index is 0.0929. The van der Waals surface area contributed by atoms with Gasteiger partial charge >= 0.3 is 5.97 Å². The standard InChI is InChI=1S/C13H18N4O3/c1-3-20-13(19)10-6-9(14)7-16-11(10)17-5-4-15-12(18)8(17)2/h6-8H,3-5,14H2,1-2H3,(H,15,18). The van der Waals surface area contributed by atoms with Gasteiger partial charge in [-0.15, -0.1) is 0 Å². The maximum Gasteiger partial charge on any atom is 0.341 e. The molecule has 1 aromatic heterocycles. The highest BCUT2D eigenvalue weighted by atomic mass is 16.5. The van der Waals surface area contributed by atoms with Crippen LogP contribution in [0.5, 0.6) is 0 Å². The number of nitrogens with zero attached hydrogens (tertiary/aromatic N) is 2. The number of aromatic nitrogens is 1. The average Bonchev–Trinajstić information content (AvgIpc) is 2.42. The van der Waals surface area contributed by atoms with Crippen LogP contribution in [0.1, 0.15) is 24.2 Å². The molecular weight excluding hydrogens is 260 g/mol. The molecule has 3 N–H and O–H groups in total.